The lowest BCUT2D eigenvalue weighted by Crippen LogP contribution is -2.29. The Morgan fingerprint density at radius 2 is 0.764 bits per heavy atom. The number of phosphoric acid groups is 1. The van der Waals surface area contributed by atoms with Crippen molar-refractivity contribution in [2.45, 2.75) is 258 Å². The first-order valence-electron chi connectivity index (χ1n) is 23.5. The fourth-order valence-electron chi connectivity index (χ4n) is 7.02. The van der Waals surface area contributed by atoms with Gasteiger partial charge >= 0.3 is 19.8 Å². The molecule has 0 aliphatic rings. The fraction of sp³-hybridized carbons (Fsp3) is 0.913. The topological polar surface area (TPSA) is 119 Å². The van der Waals surface area contributed by atoms with Crippen molar-refractivity contribution in [2.75, 3.05) is 13.2 Å². The van der Waals surface area contributed by atoms with E-state index in [-0.39, 0.29) is 19.4 Å². The van der Waals surface area contributed by atoms with Crippen LogP contribution < -0.4 is 0 Å². The summed E-state index contributed by atoms with van der Waals surface area (Å²) in [6.45, 7) is 3.72. The molecule has 0 aromatic heterocycles. The Morgan fingerprint density at radius 1 is 0.455 bits per heavy atom. The maximum atomic E-state index is 12.4. The molecule has 0 unspecified atom stereocenters. The van der Waals surface area contributed by atoms with Gasteiger partial charge in [-0.05, 0) is 38.5 Å². The lowest BCUT2D eigenvalue weighted by atomic mass is 10.0. The van der Waals surface area contributed by atoms with E-state index in [1.165, 1.54) is 180 Å². The van der Waals surface area contributed by atoms with Crippen LogP contribution >= 0.6 is 7.82 Å². The largest absolute Gasteiger partial charge is 0.469 e. The van der Waals surface area contributed by atoms with Crippen LogP contribution in [0.2, 0.25) is 0 Å². The Labute approximate surface area is 339 Å². The van der Waals surface area contributed by atoms with E-state index >= 15 is 0 Å². The lowest BCUT2D eigenvalue weighted by Gasteiger charge is -2.18. The van der Waals surface area contributed by atoms with Crippen LogP contribution in [0, 0.1) is 0 Å². The zero-order valence-corrected chi connectivity index (χ0v) is 37.0. The summed E-state index contributed by atoms with van der Waals surface area (Å²) in [6.07, 6.45) is 47.9. The molecule has 1 atom stereocenters. The van der Waals surface area contributed by atoms with Crippen molar-refractivity contribution in [1.29, 1.82) is 0 Å². The quantitative estimate of drug-likeness (QED) is 0.0271. The second-order valence-electron chi connectivity index (χ2n) is 16.1. The second-order valence-corrected chi connectivity index (χ2v) is 17.3. The SMILES string of the molecule is CCCCCCCC/C=C/CCCCCCCCCCCC(=O)O[C@H](COC(=O)CCCCCCCCCCCCCCCCCCCC)COP(=O)(O)O. The Kier molecular flexibility index (Phi) is 41.5. The number of phosphoric ester groups is 1. The molecule has 0 aromatic carbocycles. The highest BCUT2D eigenvalue weighted by Crippen LogP contribution is 2.36. The number of carbonyl (C=O) groups excluding carboxylic acids is 2. The van der Waals surface area contributed by atoms with Gasteiger partial charge in [0.25, 0.3) is 0 Å². The molecule has 0 aromatic rings. The van der Waals surface area contributed by atoms with Gasteiger partial charge in [0.2, 0.25) is 0 Å². The summed E-state index contributed by atoms with van der Waals surface area (Å²) in [4.78, 5) is 43.0. The number of ether oxygens (including phenoxy) is 2. The number of allylic oxidation sites excluding steroid dienone is 2. The maximum Gasteiger partial charge on any atom is 0.469 e. The Bertz CT molecular complexity index is 904. The molecule has 0 aliphatic carbocycles. The maximum absolute atomic E-state index is 12.4. The van der Waals surface area contributed by atoms with Crippen LogP contribution in [0.1, 0.15) is 251 Å². The standard InChI is InChI=1S/C46H89O8P/c1-3-5-7-9-11-13-15-17-19-21-23-25-27-29-31-33-35-37-39-41-46(48)54-44(43-53-55(49,50)51)42-52-45(47)40-38-36-34-32-30-28-26-24-22-20-18-16-14-12-10-8-6-4-2/h17,19,44H,3-16,18,20-43H2,1-2H3,(H2,49,50,51)/b19-17+/t44-/m1/s1. The van der Waals surface area contributed by atoms with Crippen molar-refractivity contribution < 1.29 is 37.9 Å². The van der Waals surface area contributed by atoms with E-state index in [9.17, 15) is 14.2 Å². The molecule has 0 rings (SSSR count). The molecule has 8 nitrogen and oxygen atoms in total. The van der Waals surface area contributed by atoms with Crippen molar-refractivity contribution in [3.63, 3.8) is 0 Å². The summed E-state index contributed by atoms with van der Waals surface area (Å²) in [5, 5.41) is 0. The molecule has 0 saturated carbocycles. The number of rotatable bonds is 44. The van der Waals surface area contributed by atoms with Gasteiger partial charge in [0.1, 0.15) is 6.61 Å². The highest BCUT2D eigenvalue weighted by atomic mass is 31.2. The predicted molar refractivity (Wildman–Crippen MR) is 230 cm³/mol. The molecular formula is C46H89O8P. The third-order valence-electron chi connectivity index (χ3n) is 10.5. The molecule has 326 valence electrons. The van der Waals surface area contributed by atoms with Gasteiger partial charge < -0.3 is 19.3 Å². The van der Waals surface area contributed by atoms with Crippen molar-refractivity contribution in [2.24, 2.45) is 0 Å². The number of hydrogen-bond donors (Lipinski definition) is 2. The average Bonchev–Trinajstić information content (AvgIpc) is 3.16. The summed E-state index contributed by atoms with van der Waals surface area (Å²) in [5.41, 5.74) is 0. The zero-order valence-electron chi connectivity index (χ0n) is 36.1. The summed E-state index contributed by atoms with van der Waals surface area (Å²) < 4.78 is 26.5. The molecule has 0 heterocycles. The molecule has 55 heavy (non-hydrogen) atoms. The van der Waals surface area contributed by atoms with E-state index in [0.29, 0.717) is 6.42 Å². The first-order valence-corrected chi connectivity index (χ1v) is 25.0. The Balaban J connectivity index is 3.82. The third kappa shape index (κ3) is 45.4. The number of hydrogen-bond acceptors (Lipinski definition) is 6. The van der Waals surface area contributed by atoms with Crippen LogP contribution in [-0.4, -0.2) is 41.0 Å². The van der Waals surface area contributed by atoms with E-state index in [1.54, 1.807) is 0 Å². The minimum atomic E-state index is -4.75. The molecule has 0 bridgehead atoms. The smallest absolute Gasteiger partial charge is 0.462 e. The highest BCUT2D eigenvalue weighted by Gasteiger charge is 2.23. The van der Waals surface area contributed by atoms with Crippen LogP contribution in [0.25, 0.3) is 0 Å². The first-order chi connectivity index (χ1) is 26.8. The third-order valence-corrected chi connectivity index (χ3v) is 11.0. The molecular weight excluding hydrogens is 711 g/mol. The predicted octanol–water partition coefficient (Wildman–Crippen LogP) is 14.6. The Hall–Kier alpha value is -1.21. The van der Waals surface area contributed by atoms with Gasteiger partial charge in [-0.15, -0.1) is 0 Å². The van der Waals surface area contributed by atoms with Gasteiger partial charge in [0.15, 0.2) is 6.10 Å². The fourth-order valence-corrected chi connectivity index (χ4v) is 7.38. The van der Waals surface area contributed by atoms with E-state index in [0.717, 1.165) is 38.5 Å². The Morgan fingerprint density at radius 3 is 1.11 bits per heavy atom. The van der Waals surface area contributed by atoms with E-state index in [2.05, 4.69) is 30.5 Å². The van der Waals surface area contributed by atoms with Gasteiger partial charge in [0, 0.05) is 12.8 Å². The average molecular weight is 801 g/mol. The summed E-state index contributed by atoms with van der Waals surface area (Å²) in [7, 11) is -4.75. The van der Waals surface area contributed by atoms with Crippen molar-refractivity contribution >= 4 is 19.8 Å². The van der Waals surface area contributed by atoms with Crippen LogP contribution in [0.3, 0.4) is 0 Å². The minimum absolute atomic E-state index is 0.214. The van der Waals surface area contributed by atoms with Gasteiger partial charge in [-0.2, -0.15) is 0 Å². The van der Waals surface area contributed by atoms with Crippen LogP contribution in [-0.2, 0) is 28.2 Å². The van der Waals surface area contributed by atoms with Crippen LogP contribution in [0.15, 0.2) is 12.2 Å². The molecule has 0 radical (unpaired) electrons. The molecule has 9 heteroatoms. The van der Waals surface area contributed by atoms with E-state index in [4.69, 9.17) is 19.3 Å². The van der Waals surface area contributed by atoms with Gasteiger partial charge in [-0.3, -0.25) is 14.1 Å². The van der Waals surface area contributed by atoms with Crippen molar-refractivity contribution in [3.8, 4) is 0 Å². The molecule has 0 saturated heterocycles. The lowest BCUT2D eigenvalue weighted by molar-refractivity contribution is -0.161. The molecule has 0 amide bonds. The second kappa shape index (κ2) is 42.4. The number of unbranched alkanes of at least 4 members (excludes halogenated alkanes) is 32. The van der Waals surface area contributed by atoms with Gasteiger partial charge in [-0.25, -0.2) is 4.57 Å². The van der Waals surface area contributed by atoms with Gasteiger partial charge in [0.05, 0.1) is 6.61 Å². The molecule has 0 fully saturated rings. The van der Waals surface area contributed by atoms with E-state index < -0.39 is 32.5 Å². The van der Waals surface area contributed by atoms with E-state index in [1.807, 2.05) is 0 Å². The molecule has 0 aliphatic heterocycles. The molecule has 2 N–H and O–H groups in total. The molecule has 0 spiro atoms. The summed E-state index contributed by atoms with van der Waals surface area (Å²) in [6, 6.07) is 0. The zero-order chi connectivity index (χ0) is 40.3. The summed E-state index contributed by atoms with van der Waals surface area (Å²) >= 11 is 0. The van der Waals surface area contributed by atoms with Gasteiger partial charge in [-0.1, -0.05) is 212 Å². The minimum Gasteiger partial charge on any atom is -0.462 e. The normalized spacial score (nSPS) is 12.4. The van der Waals surface area contributed by atoms with Crippen LogP contribution in [0.5, 0.6) is 0 Å². The van der Waals surface area contributed by atoms with Crippen molar-refractivity contribution in [1.82, 2.24) is 0 Å². The number of carbonyl (C=O) groups is 2. The number of esters is 2. The van der Waals surface area contributed by atoms with Crippen LogP contribution in [0.4, 0.5) is 0 Å². The first kappa shape index (κ1) is 53.8. The monoisotopic (exact) mass is 801 g/mol. The summed E-state index contributed by atoms with van der Waals surface area (Å²) in [5.74, 6) is -0.871. The highest BCUT2D eigenvalue weighted by molar-refractivity contribution is 7.46. The van der Waals surface area contributed by atoms with Crippen molar-refractivity contribution in [3.05, 3.63) is 12.2 Å².